The molecule has 0 saturated heterocycles. The molecular weight excluding hydrogens is 489 g/mol. The molecule has 0 saturated carbocycles. The molecule has 33 heavy (non-hydrogen) atoms. The van der Waals surface area contributed by atoms with Gasteiger partial charge in [0.1, 0.15) is 0 Å². The van der Waals surface area contributed by atoms with Gasteiger partial charge in [-0.3, -0.25) is 4.79 Å². The predicted octanol–water partition coefficient (Wildman–Crippen LogP) is 2.85. The van der Waals surface area contributed by atoms with Gasteiger partial charge in [-0.05, 0) is 49.4 Å². The number of benzene rings is 2. The molecule has 0 bridgehead atoms. The summed E-state index contributed by atoms with van der Waals surface area (Å²) >= 11 is 5.97. The summed E-state index contributed by atoms with van der Waals surface area (Å²) in [5, 5.41) is 22.6. The van der Waals surface area contributed by atoms with Crippen LogP contribution in [0.15, 0.2) is 52.3 Å². The molecule has 0 unspecified atom stereocenters. The van der Waals surface area contributed by atoms with Gasteiger partial charge in [-0.15, -0.1) is 0 Å². The molecule has 2 aromatic carbocycles. The first-order chi connectivity index (χ1) is 15.3. The number of carbonyl (C=O) groups excluding carboxylic acids is 1. The van der Waals surface area contributed by atoms with Crippen LogP contribution in [0.1, 0.15) is 6.92 Å². The van der Waals surface area contributed by atoms with Crippen molar-refractivity contribution in [1.29, 1.82) is 0 Å². The van der Waals surface area contributed by atoms with Crippen LogP contribution in [0.3, 0.4) is 0 Å². The van der Waals surface area contributed by atoms with Gasteiger partial charge in [-0.25, -0.2) is 8.42 Å². The van der Waals surface area contributed by atoms with E-state index < -0.39 is 27.5 Å². The number of alkyl halides is 3. The fraction of sp³-hybridized carbons (Fsp3) is 0.350. The fourth-order valence-electron chi connectivity index (χ4n) is 2.46. The highest BCUT2D eigenvalue weighted by atomic mass is 35.5. The molecule has 8 nitrogen and oxygen atoms in total. The molecule has 0 radical (unpaired) electrons. The van der Waals surface area contributed by atoms with Crippen LogP contribution in [-0.4, -0.2) is 62.7 Å². The van der Waals surface area contributed by atoms with Crippen molar-refractivity contribution in [3.05, 3.63) is 47.5 Å². The van der Waals surface area contributed by atoms with Gasteiger partial charge in [-0.1, -0.05) is 11.6 Å². The van der Waals surface area contributed by atoms with E-state index in [1.807, 2.05) is 5.32 Å². The summed E-state index contributed by atoms with van der Waals surface area (Å²) in [4.78, 5) is 11.5. The Hall–Kier alpha value is -2.38. The molecule has 0 heterocycles. The number of ether oxygens (including phenoxy) is 1. The van der Waals surface area contributed by atoms with E-state index in [0.29, 0.717) is 18.8 Å². The highest BCUT2D eigenvalue weighted by Gasteiger charge is 2.55. The number of amides is 1. The lowest BCUT2D eigenvalue weighted by Crippen LogP contribution is -2.52. The van der Waals surface area contributed by atoms with Crippen LogP contribution in [-0.2, 0) is 19.4 Å². The first-order valence-corrected chi connectivity index (χ1v) is 11.3. The van der Waals surface area contributed by atoms with Crippen LogP contribution >= 0.6 is 11.6 Å². The summed E-state index contributed by atoms with van der Waals surface area (Å²) in [6.45, 7) is 1.20. The standard InChI is InChI=1S/C20H22ClF3N2O6S/c1-19(29,20(22,23)24)18(28)26-17-7-6-15(12-16(17)21)33(30,31)14-4-2-13(3-5-14)25-8-10-32-11-9-27/h2-7,12,25,27,29H,8-11H2,1H3,(H,26,28)/t19-/m1/s1. The third-order valence-corrected chi connectivity index (χ3v) is 6.55. The molecule has 0 aromatic heterocycles. The number of hydrogen-bond donors (Lipinski definition) is 4. The first-order valence-electron chi connectivity index (χ1n) is 9.48. The van der Waals surface area contributed by atoms with Crippen LogP contribution in [0.25, 0.3) is 0 Å². The summed E-state index contributed by atoms with van der Waals surface area (Å²) in [6, 6.07) is 8.88. The molecule has 182 valence electrons. The first kappa shape index (κ1) is 26.9. The Morgan fingerprint density at radius 2 is 1.70 bits per heavy atom. The maximum Gasteiger partial charge on any atom is 0.426 e. The summed E-state index contributed by atoms with van der Waals surface area (Å²) < 4.78 is 69.2. The second-order valence-corrected chi connectivity index (χ2v) is 9.31. The highest BCUT2D eigenvalue weighted by molar-refractivity contribution is 7.91. The Labute approximate surface area is 193 Å². The van der Waals surface area contributed by atoms with E-state index in [1.54, 1.807) is 0 Å². The lowest BCUT2D eigenvalue weighted by atomic mass is 10.1. The van der Waals surface area contributed by atoms with Gasteiger partial charge >= 0.3 is 6.18 Å². The number of aliphatic hydroxyl groups excluding tert-OH is 1. The summed E-state index contributed by atoms with van der Waals surface area (Å²) in [6.07, 6.45) is -5.22. The number of sulfone groups is 1. The maximum absolute atomic E-state index is 12.9. The van der Waals surface area contributed by atoms with Crippen LogP contribution in [0.4, 0.5) is 24.5 Å². The number of halogens is 4. The molecule has 1 amide bonds. The van der Waals surface area contributed by atoms with Crippen LogP contribution in [0.5, 0.6) is 0 Å². The topological polar surface area (TPSA) is 125 Å². The van der Waals surface area contributed by atoms with E-state index in [-0.39, 0.29) is 40.6 Å². The van der Waals surface area contributed by atoms with Crippen molar-refractivity contribution < 1.29 is 41.3 Å². The maximum atomic E-state index is 12.9. The van der Waals surface area contributed by atoms with E-state index in [2.05, 4.69) is 5.32 Å². The Morgan fingerprint density at radius 3 is 2.24 bits per heavy atom. The largest absolute Gasteiger partial charge is 0.426 e. The molecule has 13 heteroatoms. The van der Waals surface area contributed by atoms with E-state index in [4.69, 9.17) is 21.4 Å². The minimum atomic E-state index is -5.22. The van der Waals surface area contributed by atoms with Gasteiger partial charge in [0.05, 0.1) is 40.3 Å². The van der Waals surface area contributed by atoms with Gasteiger partial charge in [0.15, 0.2) is 0 Å². The third kappa shape index (κ3) is 6.58. The highest BCUT2D eigenvalue weighted by Crippen LogP contribution is 2.33. The summed E-state index contributed by atoms with van der Waals surface area (Å²) in [7, 11) is -4.01. The predicted molar refractivity (Wildman–Crippen MR) is 115 cm³/mol. The summed E-state index contributed by atoms with van der Waals surface area (Å²) in [5.74, 6) is -1.77. The molecule has 4 N–H and O–H groups in total. The molecule has 0 spiro atoms. The van der Waals surface area contributed by atoms with Crippen molar-refractivity contribution in [2.24, 2.45) is 0 Å². The molecule has 0 aliphatic rings. The van der Waals surface area contributed by atoms with Crippen molar-refractivity contribution in [2.45, 2.75) is 28.5 Å². The average molecular weight is 511 g/mol. The normalized spacial score (nSPS) is 13.9. The smallest absolute Gasteiger partial charge is 0.394 e. The summed E-state index contributed by atoms with van der Waals surface area (Å²) in [5.41, 5.74) is -3.33. The number of nitrogens with one attached hydrogen (secondary N) is 2. The molecule has 0 aliphatic heterocycles. The van der Waals surface area contributed by atoms with Crippen molar-refractivity contribution in [1.82, 2.24) is 0 Å². The molecular formula is C20H22ClF3N2O6S. The van der Waals surface area contributed by atoms with Crippen molar-refractivity contribution >= 4 is 38.7 Å². The molecule has 1 atom stereocenters. The molecule has 0 fully saturated rings. The lowest BCUT2D eigenvalue weighted by Gasteiger charge is -2.25. The zero-order valence-corrected chi connectivity index (χ0v) is 18.9. The molecule has 2 rings (SSSR count). The van der Waals surface area contributed by atoms with Crippen LogP contribution in [0, 0.1) is 0 Å². The van der Waals surface area contributed by atoms with Crippen LogP contribution < -0.4 is 10.6 Å². The minimum absolute atomic E-state index is 0.0579. The number of rotatable bonds is 10. The monoisotopic (exact) mass is 510 g/mol. The number of anilines is 2. The van der Waals surface area contributed by atoms with E-state index in [0.717, 1.165) is 18.2 Å². The zero-order chi connectivity index (χ0) is 24.9. The van der Waals surface area contributed by atoms with E-state index in [1.165, 1.54) is 24.3 Å². The Bertz CT molecular complexity index is 1080. The van der Waals surface area contributed by atoms with Crippen LogP contribution in [0.2, 0.25) is 5.02 Å². The minimum Gasteiger partial charge on any atom is -0.394 e. The van der Waals surface area contributed by atoms with Crippen molar-refractivity contribution in [3.63, 3.8) is 0 Å². The van der Waals surface area contributed by atoms with Gasteiger partial charge in [0.25, 0.3) is 5.91 Å². The quantitative estimate of drug-likeness (QED) is 0.362. The van der Waals surface area contributed by atoms with Crippen molar-refractivity contribution in [3.8, 4) is 0 Å². The van der Waals surface area contributed by atoms with Gasteiger partial charge in [-0.2, -0.15) is 13.2 Å². The molecule has 2 aromatic rings. The molecule has 0 aliphatic carbocycles. The number of aliphatic hydroxyl groups is 2. The number of carbonyl (C=O) groups is 1. The number of hydrogen-bond acceptors (Lipinski definition) is 7. The Balaban J connectivity index is 2.14. The Kier molecular flexibility index (Phi) is 8.71. The van der Waals surface area contributed by atoms with Gasteiger partial charge in [0.2, 0.25) is 15.4 Å². The van der Waals surface area contributed by atoms with E-state index >= 15 is 0 Å². The van der Waals surface area contributed by atoms with E-state index in [9.17, 15) is 31.5 Å². The second-order valence-electron chi connectivity index (χ2n) is 6.96. The SMILES string of the molecule is C[C@@](O)(C(=O)Nc1ccc(S(=O)(=O)c2ccc(NCCOCCO)cc2)cc1Cl)C(F)(F)F. The third-order valence-electron chi connectivity index (χ3n) is 4.47. The Morgan fingerprint density at radius 1 is 1.09 bits per heavy atom. The zero-order valence-electron chi connectivity index (χ0n) is 17.3. The fourth-order valence-corrected chi connectivity index (χ4v) is 4.04. The second kappa shape index (κ2) is 10.7. The van der Waals surface area contributed by atoms with Gasteiger partial charge < -0.3 is 25.6 Å². The average Bonchev–Trinajstić information content (AvgIpc) is 2.74. The van der Waals surface area contributed by atoms with Crippen molar-refractivity contribution in [2.75, 3.05) is 37.0 Å². The van der Waals surface area contributed by atoms with Gasteiger partial charge in [0, 0.05) is 12.2 Å². The lowest BCUT2D eigenvalue weighted by molar-refractivity contribution is -0.242.